The second kappa shape index (κ2) is 7.15. The van der Waals surface area contributed by atoms with Crippen molar-refractivity contribution in [2.45, 2.75) is 26.7 Å². The Bertz CT molecular complexity index is 572. The summed E-state index contributed by atoms with van der Waals surface area (Å²) in [5, 5.41) is 4.06. The number of aromatic nitrogens is 1. The van der Waals surface area contributed by atoms with E-state index in [0.717, 1.165) is 47.2 Å². The lowest BCUT2D eigenvalue weighted by Crippen LogP contribution is -2.00. The number of nitrogens with zero attached hydrogens (tertiary/aromatic N) is 1. The van der Waals surface area contributed by atoms with Crippen molar-refractivity contribution in [3.05, 3.63) is 47.2 Å². The van der Waals surface area contributed by atoms with Gasteiger partial charge in [0.2, 0.25) is 0 Å². The van der Waals surface area contributed by atoms with Crippen LogP contribution in [0.5, 0.6) is 11.5 Å². The average molecular weight is 291 g/mol. The summed E-state index contributed by atoms with van der Waals surface area (Å²) in [5.74, 6) is 1.50. The second-order valence-corrected chi connectivity index (χ2v) is 4.95. The minimum absolute atomic E-state index is 0.718. The molecule has 4 heteroatoms. The average Bonchev–Trinajstić information content (AvgIpc) is 2.47. The van der Waals surface area contributed by atoms with Gasteiger partial charge in [-0.05, 0) is 36.6 Å². The fraction of sp³-hybridized carbons (Fsp3) is 0.312. The van der Waals surface area contributed by atoms with Gasteiger partial charge in [0.1, 0.15) is 11.5 Å². The normalized spacial score (nSPS) is 10.3. The van der Waals surface area contributed by atoms with E-state index in [1.54, 1.807) is 12.4 Å². The summed E-state index contributed by atoms with van der Waals surface area (Å²) < 4.78 is 5.84. The molecule has 0 radical (unpaired) electrons. The van der Waals surface area contributed by atoms with E-state index in [1.165, 1.54) is 0 Å². The van der Waals surface area contributed by atoms with E-state index in [0.29, 0.717) is 0 Å². The molecular formula is C16H19ClN2O. The van der Waals surface area contributed by atoms with Gasteiger partial charge in [-0.3, -0.25) is 4.98 Å². The smallest absolute Gasteiger partial charge is 0.147 e. The van der Waals surface area contributed by atoms with Gasteiger partial charge in [0.05, 0.1) is 18.1 Å². The molecule has 0 unspecified atom stereocenters. The first-order valence-electron chi connectivity index (χ1n) is 6.88. The lowest BCUT2D eigenvalue weighted by Gasteiger charge is -2.10. The van der Waals surface area contributed by atoms with Crippen molar-refractivity contribution in [3.63, 3.8) is 0 Å². The van der Waals surface area contributed by atoms with Crippen LogP contribution in [-0.4, -0.2) is 11.5 Å². The lowest BCUT2D eigenvalue weighted by molar-refractivity contribution is 0.480. The zero-order chi connectivity index (χ0) is 14.4. The Morgan fingerprint density at radius 1 is 1.15 bits per heavy atom. The summed E-state index contributed by atoms with van der Waals surface area (Å²) in [5.41, 5.74) is 2.05. The quantitative estimate of drug-likeness (QED) is 0.820. The highest BCUT2D eigenvalue weighted by molar-refractivity contribution is 6.31. The van der Waals surface area contributed by atoms with Crippen LogP contribution in [0.15, 0.2) is 36.7 Å². The molecule has 0 aliphatic rings. The maximum absolute atomic E-state index is 6.10. The van der Waals surface area contributed by atoms with Gasteiger partial charge in [0, 0.05) is 17.6 Å². The van der Waals surface area contributed by atoms with Gasteiger partial charge < -0.3 is 10.1 Å². The summed E-state index contributed by atoms with van der Waals surface area (Å²) in [7, 11) is 0. The molecule has 0 bridgehead atoms. The third kappa shape index (κ3) is 3.87. The molecule has 0 amide bonds. The zero-order valence-electron chi connectivity index (χ0n) is 11.8. The van der Waals surface area contributed by atoms with Gasteiger partial charge in [0.25, 0.3) is 0 Å². The Kier molecular flexibility index (Phi) is 5.24. The largest absolute Gasteiger partial charge is 0.456 e. The van der Waals surface area contributed by atoms with E-state index in [9.17, 15) is 0 Å². The fourth-order valence-corrected chi connectivity index (χ4v) is 2.11. The van der Waals surface area contributed by atoms with E-state index in [4.69, 9.17) is 16.3 Å². The number of rotatable bonds is 6. The molecule has 2 rings (SSSR count). The topological polar surface area (TPSA) is 34.2 Å². The third-order valence-electron chi connectivity index (χ3n) is 2.93. The second-order valence-electron chi connectivity index (χ2n) is 4.54. The molecular weight excluding hydrogens is 272 g/mol. The third-order valence-corrected chi connectivity index (χ3v) is 3.29. The molecule has 20 heavy (non-hydrogen) atoms. The van der Waals surface area contributed by atoms with Crippen LogP contribution in [0.3, 0.4) is 0 Å². The van der Waals surface area contributed by atoms with Crippen LogP contribution in [0, 0.1) is 0 Å². The summed E-state index contributed by atoms with van der Waals surface area (Å²) in [6, 6.07) is 7.65. The number of hydrogen-bond donors (Lipinski definition) is 1. The molecule has 0 aliphatic heterocycles. The summed E-state index contributed by atoms with van der Waals surface area (Å²) in [4.78, 5) is 4.18. The molecule has 0 spiro atoms. The Morgan fingerprint density at radius 3 is 2.75 bits per heavy atom. The van der Waals surface area contributed by atoms with Crippen molar-refractivity contribution >= 4 is 17.3 Å². The van der Waals surface area contributed by atoms with E-state index in [-0.39, 0.29) is 0 Å². The Hall–Kier alpha value is -1.74. The number of aryl methyl sites for hydroxylation is 1. The molecule has 0 saturated heterocycles. The Labute approximate surface area is 124 Å². The van der Waals surface area contributed by atoms with E-state index in [1.807, 2.05) is 24.3 Å². The number of ether oxygens (including phenoxy) is 1. The molecule has 3 nitrogen and oxygen atoms in total. The molecule has 0 aliphatic carbocycles. The van der Waals surface area contributed by atoms with Crippen LogP contribution in [0.25, 0.3) is 0 Å². The van der Waals surface area contributed by atoms with E-state index < -0.39 is 0 Å². The molecule has 1 N–H and O–H groups in total. The SMILES string of the molecule is CCCNc1cncc(Oc2ccc(Cl)c(CC)c2)c1. The Balaban J connectivity index is 2.13. The van der Waals surface area contributed by atoms with Crippen molar-refractivity contribution in [2.75, 3.05) is 11.9 Å². The molecule has 1 aromatic heterocycles. The van der Waals surface area contributed by atoms with Gasteiger partial charge in [-0.2, -0.15) is 0 Å². The summed E-state index contributed by atoms with van der Waals surface area (Å²) >= 11 is 6.10. The molecule has 1 heterocycles. The van der Waals surface area contributed by atoms with E-state index >= 15 is 0 Å². The van der Waals surface area contributed by atoms with Gasteiger partial charge in [-0.15, -0.1) is 0 Å². The molecule has 2 aromatic rings. The minimum atomic E-state index is 0.718. The zero-order valence-corrected chi connectivity index (χ0v) is 12.6. The van der Waals surface area contributed by atoms with Crippen LogP contribution in [0.2, 0.25) is 5.02 Å². The van der Waals surface area contributed by atoms with E-state index in [2.05, 4.69) is 24.1 Å². The predicted molar refractivity (Wildman–Crippen MR) is 83.9 cm³/mol. The number of halogens is 1. The van der Waals surface area contributed by atoms with Crippen LogP contribution in [-0.2, 0) is 6.42 Å². The standard InChI is InChI=1S/C16H19ClN2O/c1-3-7-19-13-9-15(11-18-10-13)20-14-5-6-16(17)12(4-2)8-14/h5-6,8-11,19H,3-4,7H2,1-2H3. The fourth-order valence-electron chi connectivity index (χ4n) is 1.86. The maximum atomic E-state index is 6.10. The first-order valence-corrected chi connectivity index (χ1v) is 7.26. The van der Waals surface area contributed by atoms with Crippen molar-refractivity contribution in [1.29, 1.82) is 0 Å². The maximum Gasteiger partial charge on any atom is 0.147 e. The van der Waals surface area contributed by atoms with Crippen molar-refractivity contribution < 1.29 is 4.74 Å². The van der Waals surface area contributed by atoms with Crippen molar-refractivity contribution in [2.24, 2.45) is 0 Å². The van der Waals surface area contributed by atoms with Crippen LogP contribution in [0.1, 0.15) is 25.8 Å². The molecule has 106 valence electrons. The van der Waals surface area contributed by atoms with Gasteiger partial charge in [0.15, 0.2) is 0 Å². The lowest BCUT2D eigenvalue weighted by atomic mass is 10.1. The van der Waals surface area contributed by atoms with Crippen LogP contribution < -0.4 is 10.1 Å². The minimum Gasteiger partial charge on any atom is -0.456 e. The highest BCUT2D eigenvalue weighted by Gasteiger charge is 2.03. The van der Waals surface area contributed by atoms with Gasteiger partial charge in [-0.1, -0.05) is 25.4 Å². The first kappa shape index (κ1) is 14.7. The van der Waals surface area contributed by atoms with Gasteiger partial charge in [-0.25, -0.2) is 0 Å². The number of pyridine rings is 1. The number of benzene rings is 1. The summed E-state index contributed by atoms with van der Waals surface area (Å²) in [6.45, 7) is 5.12. The van der Waals surface area contributed by atoms with Crippen LogP contribution >= 0.6 is 11.6 Å². The van der Waals surface area contributed by atoms with Crippen molar-refractivity contribution in [1.82, 2.24) is 4.98 Å². The highest BCUT2D eigenvalue weighted by atomic mass is 35.5. The molecule has 0 atom stereocenters. The highest BCUT2D eigenvalue weighted by Crippen LogP contribution is 2.27. The first-order chi connectivity index (χ1) is 9.72. The molecule has 0 fully saturated rings. The Morgan fingerprint density at radius 2 is 2.00 bits per heavy atom. The van der Waals surface area contributed by atoms with Crippen molar-refractivity contribution in [3.8, 4) is 11.5 Å². The van der Waals surface area contributed by atoms with Gasteiger partial charge >= 0.3 is 0 Å². The number of nitrogens with one attached hydrogen (secondary N) is 1. The van der Waals surface area contributed by atoms with Crippen LogP contribution in [0.4, 0.5) is 5.69 Å². The molecule has 0 saturated carbocycles. The summed E-state index contributed by atoms with van der Waals surface area (Å²) in [6.07, 6.45) is 5.45. The number of anilines is 1. The molecule has 1 aromatic carbocycles. The monoisotopic (exact) mass is 290 g/mol. The number of hydrogen-bond acceptors (Lipinski definition) is 3. The predicted octanol–water partition coefficient (Wildman–Crippen LogP) is 4.91.